The van der Waals surface area contributed by atoms with E-state index in [1.165, 1.54) is 16.7 Å². The minimum atomic E-state index is 0. The van der Waals surface area contributed by atoms with Crippen molar-refractivity contribution in [2.75, 3.05) is 34.4 Å². The molecule has 0 aliphatic carbocycles. The molecule has 0 radical (unpaired) electrons. The third kappa shape index (κ3) is 8.60. The Morgan fingerprint density at radius 2 is 1.91 bits per heavy atom. The maximum absolute atomic E-state index is 6.11. The highest BCUT2D eigenvalue weighted by Crippen LogP contribution is 2.22. The zero-order chi connectivity index (χ0) is 22.1. The van der Waals surface area contributed by atoms with Gasteiger partial charge in [0.25, 0.3) is 0 Å². The molecular weight excluding hydrogens is 515 g/mol. The van der Waals surface area contributed by atoms with Crippen molar-refractivity contribution < 1.29 is 9.47 Å². The summed E-state index contributed by atoms with van der Waals surface area (Å²) in [5.41, 5.74) is 4.84. The zero-order valence-corrected chi connectivity index (χ0v) is 22.0. The highest BCUT2D eigenvalue weighted by Gasteiger charge is 2.17. The quantitative estimate of drug-likeness (QED) is 0.279. The standard InChI is InChI=1S/C25H36N4O2.HI/c1-19-10-11-22(24(13-19)31-18-23-9-6-12-30-23)16-28-25(26-2)27-15-20-7-5-8-21(14-20)17-29(3)4;/h5,7-8,10-11,13-14,23H,6,9,12,15-18H2,1-4H3,(H2,26,27,28);1H. The Kier molecular flexibility index (Phi) is 11.3. The van der Waals surface area contributed by atoms with Gasteiger partial charge >= 0.3 is 0 Å². The molecule has 32 heavy (non-hydrogen) atoms. The number of nitrogens with zero attached hydrogens (tertiary/aromatic N) is 2. The van der Waals surface area contributed by atoms with Gasteiger partial charge in [-0.1, -0.05) is 36.4 Å². The van der Waals surface area contributed by atoms with Crippen LogP contribution in [0.3, 0.4) is 0 Å². The summed E-state index contributed by atoms with van der Waals surface area (Å²) in [5.74, 6) is 1.68. The van der Waals surface area contributed by atoms with Gasteiger partial charge in [-0.05, 0) is 56.6 Å². The highest BCUT2D eigenvalue weighted by atomic mass is 127. The second-order valence-electron chi connectivity index (χ2n) is 8.39. The van der Waals surface area contributed by atoms with E-state index < -0.39 is 0 Å². The molecule has 0 amide bonds. The number of aliphatic imine (C=N–C) groups is 1. The minimum absolute atomic E-state index is 0. The average Bonchev–Trinajstić information content (AvgIpc) is 3.27. The normalized spacial score (nSPS) is 16.0. The fraction of sp³-hybridized carbons (Fsp3) is 0.480. The number of rotatable bonds is 9. The van der Waals surface area contributed by atoms with Crippen LogP contribution >= 0.6 is 24.0 Å². The first-order chi connectivity index (χ1) is 15.0. The molecular formula is C25H37IN4O2. The molecule has 1 unspecified atom stereocenters. The molecule has 1 atom stereocenters. The number of nitrogens with one attached hydrogen (secondary N) is 2. The number of ether oxygens (including phenoxy) is 2. The van der Waals surface area contributed by atoms with Crippen molar-refractivity contribution in [1.29, 1.82) is 0 Å². The van der Waals surface area contributed by atoms with Gasteiger partial charge in [0.05, 0.1) is 6.10 Å². The number of hydrogen-bond donors (Lipinski definition) is 2. The van der Waals surface area contributed by atoms with E-state index in [0.29, 0.717) is 13.2 Å². The number of hydrogen-bond acceptors (Lipinski definition) is 4. The number of benzene rings is 2. The van der Waals surface area contributed by atoms with Gasteiger partial charge in [-0.2, -0.15) is 0 Å². The molecule has 1 heterocycles. The van der Waals surface area contributed by atoms with Crippen LogP contribution in [0.25, 0.3) is 0 Å². The number of guanidine groups is 1. The van der Waals surface area contributed by atoms with E-state index in [9.17, 15) is 0 Å². The zero-order valence-electron chi connectivity index (χ0n) is 19.7. The molecule has 1 aliphatic heterocycles. The third-order valence-electron chi connectivity index (χ3n) is 5.29. The van der Waals surface area contributed by atoms with Crippen LogP contribution < -0.4 is 15.4 Å². The van der Waals surface area contributed by atoms with Crippen molar-refractivity contribution in [3.8, 4) is 5.75 Å². The molecule has 0 saturated carbocycles. The van der Waals surface area contributed by atoms with Crippen LogP contribution in [0.1, 0.15) is 35.1 Å². The van der Waals surface area contributed by atoms with Crippen molar-refractivity contribution in [3.63, 3.8) is 0 Å². The van der Waals surface area contributed by atoms with Crippen LogP contribution in [0.2, 0.25) is 0 Å². The number of halogens is 1. The maximum atomic E-state index is 6.11. The Labute approximate surface area is 209 Å². The molecule has 1 saturated heterocycles. The molecule has 2 aromatic carbocycles. The van der Waals surface area contributed by atoms with Crippen molar-refractivity contribution in [3.05, 3.63) is 64.7 Å². The summed E-state index contributed by atoms with van der Waals surface area (Å²) < 4.78 is 11.8. The Bertz CT molecular complexity index is 867. The molecule has 1 fully saturated rings. The minimum Gasteiger partial charge on any atom is -0.491 e. The lowest BCUT2D eigenvalue weighted by molar-refractivity contribution is 0.0676. The second kappa shape index (κ2) is 13.6. The predicted octanol–water partition coefficient (Wildman–Crippen LogP) is 4.10. The van der Waals surface area contributed by atoms with Crippen molar-refractivity contribution in [2.45, 2.75) is 45.5 Å². The second-order valence-corrected chi connectivity index (χ2v) is 8.39. The van der Waals surface area contributed by atoms with Crippen molar-refractivity contribution in [2.24, 2.45) is 4.99 Å². The smallest absolute Gasteiger partial charge is 0.191 e. The predicted molar refractivity (Wildman–Crippen MR) is 142 cm³/mol. The van der Waals surface area contributed by atoms with E-state index in [4.69, 9.17) is 9.47 Å². The topological polar surface area (TPSA) is 58.1 Å². The molecule has 176 valence electrons. The van der Waals surface area contributed by atoms with Crippen LogP contribution in [0, 0.1) is 6.92 Å². The molecule has 0 spiro atoms. The fourth-order valence-electron chi connectivity index (χ4n) is 3.69. The van der Waals surface area contributed by atoms with E-state index in [1.807, 2.05) is 0 Å². The van der Waals surface area contributed by atoms with Crippen LogP contribution in [0.4, 0.5) is 0 Å². The Balaban J connectivity index is 0.00000363. The number of aryl methyl sites for hydroxylation is 1. The summed E-state index contributed by atoms with van der Waals surface area (Å²) in [4.78, 5) is 6.54. The SMILES string of the molecule is CN=C(NCc1cccc(CN(C)C)c1)NCc1ccc(C)cc1OCC1CCCO1.I. The van der Waals surface area contributed by atoms with Gasteiger partial charge in [0.2, 0.25) is 0 Å². The van der Waals surface area contributed by atoms with Gasteiger partial charge in [-0.3, -0.25) is 4.99 Å². The van der Waals surface area contributed by atoms with Crippen LogP contribution in [-0.2, 0) is 24.4 Å². The molecule has 6 nitrogen and oxygen atoms in total. The van der Waals surface area contributed by atoms with Crippen LogP contribution in [0.5, 0.6) is 5.75 Å². The lowest BCUT2D eigenvalue weighted by atomic mass is 10.1. The van der Waals surface area contributed by atoms with Crippen LogP contribution in [0.15, 0.2) is 47.5 Å². The van der Waals surface area contributed by atoms with Gasteiger partial charge in [0.1, 0.15) is 12.4 Å². The Hall–Kier alpha value is -1.84. The lowest BCUT2D eigenvalue weighted by Gasteiger charge is -2.17. The lowest BCUT2D eigenvalue weighted by Crippen LogP contribution is -2.36. The first-order valence-corrected chi connectivity index (χ1v) is 11.0. The van der Waals surface area contributed by atoms with Crippen molar-refractivity contribution >= 4 is 29.9 Å². The summed E-state index contributed by atoms with van der Waals surface area (Å²) in [6, 6.07) is 15.0. The Morgan fingerprint density at radius 1 is 1.12 bits per heavy atom. The van der Waals surface area contributed by atoms with Gasteiger partial charge in [0, 0.05) is 38.9 Å². The molecule has 0 aromatic heterocycles. The van der Waals surface area contributed by atoms with Crippen LogP contribution in [-0.4, -0.2) is 51.3 Å². The monoisotopic (exact) mass is 552 g/mol. The maximum Gasteiger partial charge on any atom is 0.191 e. The van der Waals surface area contributed by atoms with Gasteiger partial charge < -0.3 is 25.0 Å². The summed E-state index contributed by atoms with van der Waals surface area (Å²) in [6.45, 7) is 5.83. The molecule has 2 aromatic rings. The summed E-state index contributed by atoms with van der Waals surface area (Å²) in [6.07, 6.45) is 2.40. The molecule has 7 heteroatoms. The largest absolute Gasteiger partial charge is 0.491 e. The first kappa shape index (κ1) is 26.4. The third-order valence-corrected chi connectivity index (χ3v) is 5.29. The summed E-state index contributed by atoms with van der Waals surface area (Å²) in [5, 5.41) is 6.82. The average molecular weight is 553 g/mol. The van der Waals surface area contributed by atoms with E-state index in [2.05, 4.69) is 84.0 Å². The van der Waals surface area contributed by atoms with Gasteiger partial charge in [-0.25, -0.2) is 0 Å². The highest BCUT2D eigenvalue weighted by molar-refractivity contribution is 14.0. The van der Waals surface area contributed by atoms with E-state index in [1.54, 1.807) is 7.05 Å². The van der Waals surface area contributed by atoms with E-state index >= 15 is 0 Å². The molecule has 1 aliphatic rings. The van der Waals surface area contributed by atoms with E-state index in [0.717, 1.165) is 49.8 Å². The fourth-order valence-corrected chi connectivity index (χ4v) is 3.69. The van der Waals surface area contributed by atoms with Crippen molar-refractivity contribution in [1.82, 2.24) is 15.5 Å². The van der Waals surface area contributed by atoms with Gasteiger partial charge in [0.15, 0.2) is 5.96 Å². The Morgan fingerprint density at radius 3 is 2.62 bits per heavy atom. The molecule has 2 N–H and O–H groups in total. The first-order valence-electron chi connectivity index (χ1n) is 11.0. The molecule has 3 rings (SSSR count). The molecule has 0 bridgehead atoms. The summed E-state index contributed by atoms with van der Waals surface area (Å²) in [7, 11) is 5.96. The van der Waals surface area contributed by atoms with E-state index in [-0.39, 0.29) is 30.1 Å². The van der Waals surface area contributed by atoms with Gasteiger partial charge in [-0.15, -0.1) is 24.0 Å². The summed E-state index contributed by atoms with van der Waals surface area (Å²) >= 11 is 0.